The molecule has 140 valence electrons. The number of halogens is 1. The highest BCUT2D eigenvalue weighted by atomic mass is 35.5. The first-order valence-corrected chi connectivity index (χ1v) is 10.7. The van der Waals surface area contributed by atoms with Crippen LogP contribution in [0.4, 0.5) is 5.69 Å². The number of nitrogen functional groups attached to an aromatic ring is 1. The fourth-order valence-electron chi connectivity index (χ4n) is 2.67. The van der Waals surface area contributed by atoms with Crippen LogP contribution in [0.1, 0.15) is 16.8 Å². The Morgan fingerprint density at radius 2 is 2.04 bits per heavy atom. The van der Waals surface area contributed by atoms with Crippen molar-refractivity contribution in [1.82, 2.24) is 5.32 Å². The zero-order chi connectivity index (χ0) is 19.6. The summed E-state index contributed by atoms with van der Waals surface area (Å²) in [5, 5.41) is 5.00. The van der Waals surface area contributed by atoms with Crippen molar-refractivity contribution in [2.75, 3.05) is 5.73 Å². The summed E-state index contributed by atoms with van der Waals surface area (Å²) in [7, 11) is -4.76. The highest BCUT2D eigenvalue weighted by molar-refractivity contribution is 7.53. The van der Waals surface area contributed by atoms with Gasteiger partial charge in [-0.25, -0.2) is 0 Å². The zero-order valence-electron chi connectivity index (χ0n) is 13.9. The van der Waals surface area contributed by atoms with Crippen LogP contribution in [0.5, 0.6) is 0 Å². The second-order valence-electron chi connectivity index (χ2n) is 5.84. The standard InChI is InChI=1S/C18H16ClN2O4PS/c19-12-4-5-16-14(9-12)15(10-27-16)17(26(23,24)25)18(22)21-7-6-11-2-1-3-13(20)8-11/h1-10,17H,20H2,(H,21,22)(H2,23,24,25)/b7-6+. The van der Waals surface area contributed by atoms with Crippen LogP contribution < -0.4 is 11.1 Å². The lowest BCUT2D eigenvalue weighted by atomic mass is 10.1. The topological polar surface area (TPSA) is 113 Å². The molecular weight excluding hydrogens is 407 g/mol. The molecule has 27 heavy (non-hydrogen) atoms. The van der Waals surface area contributed by atoms with Crippen LogP contribution >= 0.6 is 30.5 Å². The van der Waals surface area contributed by atoms with Gasteiger partial charge >= 0.3 is 7.60 Å². The Kier molecular flexibility index (Phi) is 5.69. The van der Waals surface area contributed by atoms with Crippen LogP contribution in [-0.2, 0) is 9.36 Å². The molecule has 2 aromatic carbocycles. The van der Waals surface area contributed by atoms with Gasteiger partial charge in [-0.05, 0) is 58.3 Å². The van der Waals surface area contributed by atoms with E-state index >= 15 is 0 Å². The second-order valence-corrected chi connectivity index (χ2v) is 8.88. The Morgan fingerprint density at radius 3 is 2.74 bits per heavy atom. The molecule has 5 N–H and O–H groups in total. The predicted molar refractivity (Wildman–Crippen MR) is 110 cm³/mol. The Balaban J connectivity index is 1.89. The Bertz CT molecular complexity index is 1080. The highest BCUT2D eigenvalue weighted by Crippen LogP contribution is 2.54. The average molecular weight is 423 g/mol. The lowest BCUT2D eigenvalue weighted by molar-refractivity contribution is -0.120. The number of hydrogen-bond donors (Lipinski definition) is 4. The quantitative estimate of drug-likeness (QED) is 0.364. The minimum Gasteiger partial charge on any atom is -0.399 e. The van der Waals surface area contributed by atoms with Crippen molar-refractivity contribution in [3.63, 3.8) is 0 Å². The smallest absolute Gasteiger partial charge is 0.342 e. The van der Waals surface area contributed by atoms with Gasteiger partial charge in [0, 0.05) is 21.6 Å². The molecule has 0 saturated heterocycles. The van der Waals surface area contributed by atoms with E-state index in [0.29, 0.717) is 16.1 Å². The minimum absolute atomic E-state index is 0.251. The van der Waals surface area contributed by atoms with Crippen molar-refractivity contribution in [1.29, 1.82) is 0 Å². The third-order valence-electron chi connectivity index (χ3n) is 3.86. The van der Waals surface area contributed by atoms with E-state index in [4.69, 9.17) is 17.3 Å². The Morgan fingerprint density at radius 1 is 1.26 bits per heavy atom. The van der Waals surface area contributed by atoms with Gasteiger partial charge < -0.3 is 20.8 Å². The summed E-state index contributed by atoms with van der Waals surface area (Å²) in [6, 6.07) is 12.0. The van der Waals surface area contributed by atoms with Crippen molar-refractivity contribution >= 4 is 58.3 Å². The van der Waals surface area contributed by atoms with Crippen molar-refractivity contribution < 1.29 is 19.1 Å². The molecule has 0 aliphatic rings. The van der Waals surface area contributed by atoms with Gasteiger partial charge in [0.15, 0.2) is 5.66 Å². The van der Waals surface area contributed by atoms with E-state index in [2.05, 4.69) is 5.32 Å². The average Bonchev–Trinajstić information content (AvgIpc) is 2.96. The molecule has 0 bridgehead atoms. The molecule has 9 heteroatoms. The van der Waals surface area contributed by atoms with Crippen LogP contribution in [0.2, 0.25) is 5.02 Å². The van der Waals surface area contributed by atoms with E-state index in [1.807, 2.05) is 0 Å². The monoisotopic (exact) mass is 422 g/mol. The first kappa shape index (κ1) is 19.6. The van der Waals surface area contributed by atoms with E-state index in [0.717, 1.165) is 10.3 Å². The summed E-state index contributed by atoms with van der Waals surface area (Å²) in [5.41, 5.74) is 5.63. The third kappa shape index (κ3) is 4.58. The molecule has 1 heterocycles. The zero-order valence-corrected chi connectivity index (χ0v) is 16.3. The van der Waals surface area contributed by atoms with Crippen molar-refractivity contribution in [2.45, 2.75) is 5.66 Å². The van der Waals surface area contributed by atoms with E-state index in [9.17, 15) is 19.1 Å². The SMILES string of the molecule is Nc1cccc(/C=C/NC(=O)C(c2csc3ccc(Cl)cc23)P(=O)(O)O)c1. The fourth-order valence-corrected chi connectivity index (χ4v) is 4.87. The number of carbonyl (C=O) groups excluding carboxylic acids is 1. The van der Waals surface area contributed by atoms with E-state index in [1.165, 1.54) is 17.5 Å². The summed E-state index contributed by atoms with van der Waals surface area (Å²) in [6.07, 6.45) is 2.93. The van der Waals surface area contributed by atoms with Crippen molar-refractivity contribution in [3.05, 3.63) is 70.2 Å². The van der Waals surface area contributed by atoms with E-state index < -0.39 is 19.2 Å². The first-order valence-electron chi connectivity index (χ1n) is 7.80. The number of nitrogens with two attached hydrogens (primary N) is 1. The number of anilines is 1. The second kappa shape index (κ2) is 7.84. The first-order chi connectivity index (χ1) is 12.8. The molecule has 1 unspecified atom stereocenters. The number of nitrogens with one attached hydrogen (secondary N) is 1. The molecular formula is C18H16ClN2O4PS. The molecule has 1 aromatic heterocycles. The van der Waals surface area contributed by atoms with Gasteiger partial charge in [-0.3, -0.25) is 9.36 Å². The molecule has 1 amide bonds. The van der Waals surface area contributed by atoms with Crippen LogP contribution in [0.25, 0.3) is 16.2 Å². The van der Waals surface area contributed by atoms with Crippen molar-refractivity contribution in [3.8, 4) is 0 Å². The minimum atomic E-state index is -4.76. The molecule has 0 saturated carbocycles. The normalized spacial score (nSPS) is 13.1. The lowest BCUT2D eigenvalue weighted by Gasteiger charge is -2.16. The summed E-state index contributed by atoms with van der Waals surface area (Å²) >= 11 is 7.29. The number of carbonyl (C=O) groups is 1. The molecule has 0 spiro atoms. The third-order valence-corrected chi connectivity index (χ3v) is 6.26. The number of benzene rings is 2. The van der Waals surface area contributed by atoms with Crippen LogP contribution in [-0.4, -0.2) is 15.7 Å². The largest absolute Gasteiger partial charge is 0.399 e. The number of hydrogen-bond acceptors (Lipinski definition) is 4. The lowest BCUT2D eigenvalue weighted by Crippen LogP contribution is -2.25. The number of amides is 1. The van der Waals surface area contributed by atoms with Gasteiger partial charge in [0.1, 0.15) is 0 Å². The van der Waals surface area contributed by atoms with Crippen LogP contribution in [0.15, 0.2) is 54.0 Å². The Labute approximate surface area is 164 Å². The molecule has 1 atom stereocenters. The van der Waals surface area contributed by atoms with Crippen molar-refractivity contribution in [2.24, 2.45) is 0 Å². The number of thiophene rings is 1. The number of rotatable bonds is 5. The van der Waals surface area contributed by atoms with Crippen LogP contribution in [0.3, 0.4) is 0 Å². The maximum Gasteiger partial charge on any atom is 0.342 e. The summed E-state index contributed by atoms with van der Waals surface area (Å²) in [6.45, 7) is 0. The fraction of sp³-hybridized carbons (Fsp3) is 0.0556. The molecule has 3 aromatic rings. The van der Waals surface area contributed by atoms with E-state index in [1.54, 1.807) is 53.9 Å². The highest BCUT2D eigenvalue weighted by Gasteiger charge is 2.38. The molecule has 0 fully saturated rings. The summed E-state index contributed by atoms with van der Waals surface area (Å²) in [4.78, 5) is 32.1. The maximum atomic E-state index is 12.6. The van der Waals surface area contributed by atoms with Gasteiger partial charge in [-0.2, -0.15) is 0 Å². The van der Waals surface area contributed by atoms with E-state index in [-0.39, 0.29) is 5.56 Å². The van der Waals surface area contributed by atoms with Gasteiger partial charge in [0.2, 0.25) is 5.91 Å². The van der Waals surface area contributed by atoms with Crippen LogP contribution in [0, 0.1) is 0 Å². The molecule has 0 aliphatic heterocycles. The molecule has 3 rings (SSSR count). The number of fused-ring (bicyclic) bond motifs is 1. The maximum absolute atomic E-state index is 12.6. The molecule has 6 nitrogen and oxygen atoms in total. The summed E-state index contributed by atoms with van der Waals surface area (Å²) < 4.78 is 12.8. The molecule has 0 aliphatic carbocycles. The Hall–Kier alpha value is -2.15. The molecule has 0 radical (unpaired) electrons. The summed E-state index contributed by atoms with van der Waals surface area (Å²) in [5.74, 6) is -0.803. The van der Waals surface area contributed by atoms with Gasteiger partial charge in [-0.15, -0.1) is 11.3 Å². The van der Waals surface area contributed by atoms with Gasteiger partial charge in [0.25, 0.3) is 0 Å². The predicted octanol–water partition coefficient (Wildman–Crippen LogP) is 4.14. The van der Waals surface area contributed by atoms with Gasteiger partial charge in [0.05, 0.1) is 0 Å². The van der Waals surface area contributed by atoms with Gasteiger partial charge in [-0.1, -0.05) is 23.7 Å².